The minimum Gasteiger partial charge on any atom is -0.464 e. The quantitative estimate of drug-likeness (QED) is 0.347. The molecule has 27 heavy (non-hydrogen) atoms. The number of unbranched alkanes of at least 4 members (excludes halogenated alkanes) is 9. The van der Waals surface area contributed by atoms with Gasteiger partial charge >= 0.3 is 5.97 Å². The van der Waals surface area contributed by atoms with Gasteiger partial charge in [0, 0.05) is 5.56 Å². The highest BCUT2D eigenvalue weighted by atomic mass is 19.1. The third-order valence-electron chi connectivity index (χ3n) is 4.53. The Morgan fingerprint density at radius 1 is 1.00 bits per heavy atom. The molecule has 0 saturated carbocycles. The standard InChI is InChI=1S/C22H34FNO3/c1-3-4-5-6-7-8-9-10-11-12-16-27-22(26)18(2)24-21(25)19-14-13-15-20(23)17-19/h13-15,17-18H,3-12,16H2,1-2H3,(H,24,25). The lowest BCUT2D eigenvalue weighted by atomic mass is 10.1. The fraction of sp³-hybridized carbons (Fsp3) is 0.636. The van der Waals surface area contributed by atoms with Gasteiger partial charge in [-0.1, -0.05) is 70.8 Å². The molecule has 0 bridgehead atoms. The molecule has 0 aliphatic rings. The third kappa shape index (κ3) is 10.7. The van der Waals surface area contributed by atoms with E-state index in [0.717, 1.165) is 25.3 Å². The summed E-state index contributed by atoms with van der Waals surface area (Å²) in [4.78, 5) is 23.9. The van der Waals surface area contributed by atoms with Crippen LogP contribution in [0.15, 0.2) is 24.3 Å². The van der Waals surface area contributed by atoms with Crippen LogP contribution in [0.25, 0.3) is 0 Å². The first-order valence-corrected chi connectivity index (χ1v) is 10.3. The summed E-state index contributed by atoms with van der Waals surface area (Å²) >= 11 is 0. The van der Waals surface area contributed by atoms with Gasteiger partial charge in [-0.25, -0.2) is 9.18 Å². The monoisotopic (exact) mass is 379 g/mol. The van der Waals surface area contributed by atoms with Crippen LogP contribution in [0.5, 0.6) is 0 Å². The summed E-state index contributed by atoms with van der Waals surface area (Å²) in [6, 6.07) is 4.60. The fourth-order valence-electron chi connectivity index (χ4n) is 2.86. The van der Waals surface area contributed by atoms with E-state index in [0.29, 0.717) is 6.61 Å². The molecule has 1 unspecified atom stereocenters. The van der Waals surface area contributed by atoms with Crippen LogP contribution in [0.3, 0.4) is 0 Å². The van der Waals surface area contributed by atoms with Crippen molar-refractivity contribution < 1.29 is 18.7 Å². The highest BCUT2D eigenvalue weighted by Gasteiger charge is 2.18. The Kier molecular flexibility index (Phi) is 12.2. The van der Waals surface area contributed by atoms with Crippen molar-refractivity contribution >= 4 is 11.9 Å². The average molecular weight is 380 g/mol. The lowest BCUT2D eigenvalue weighted by molar-refractivity contribution is -0.145. The number of esters is 1. The molecule has 1 aromatic carbocycles. The third-order valence-corrected chi connectivity index (χ3v) is 4.53. The van der Waals surface area contributed by atoms with Crippen molar-refractivity contribution in [2.45, 2.75) is 84.1 Å². The van der Waals surface area contributed by atoms with Crippen LogP contribution in [0.1, 0.15) is 88.4 Å². The molecule has 0 aliphatic heterocycles. The molecular formula is C22H34FNO3. The lowest BCUT2D eigenvalue weighted by Crippen LogP contribution is -2.39. The molecule has 1 N–H and O–H groups in total. The molecule has 152 valence electrons. The maximum Gasteiger partial charge on any atom is 0.328 e. The molecule has 0 saturated heterocycles. The summed E-state index contributed by atoms with van der Waals surface area (Å²) in [5, 5.41) is 2.53. The first kappa shape index (κ1) is 23.1. The van der Waals surface area contributed by atoms with Gasteiger partial charge in [-0.15, -0.1) is 0 Å². The smallest absolute Gasteiger partial charge is 0.328 e. The zero-order valence-electron chi connectivity index (χ0n) is 16.8. The van der Waals surface area contributed by atoms with E-state index in [1.165, 1.54) is 63.1 Å². The topological polar surface area (TPSA) is 55.4 Å². The summed E-state index contributed by atoms with van der Waals surface area (Å²) in [5.74, 6) is -1.44. The average Bonchev–Trinajstić information content (AvgIpc) is 2.65. The summed E-state index contributed by atoms with van der Waals surface area (Å²) < 4.78 is 18.3. The predicted molar refractivity (Wildman–Crippen MR) is 106 cm³/mol. The van der Waals surface area contributed by atoms with Crippen LogP contribution >= 0.6 is 0 Å². The number of hydrogen-bond donors (Lipinski definition) is 1. The second kappa shape index (κ2) is 14.2. The van der Waals surface area contributed by atoms with Crippen molar-refractivity contribution in [3.8, 4) is 0 Å². The lowest BCUT2D eigenvalue weighted by Gasteiger charge is -2.13. The van der Waals surface area contributed by atoms with Crippen LogP contribution in [0, 0.1) is 5.82 Å². The van der Waals surface area contributed by atoms with Gasteiger partial charge in [0.05, 0.1) is 6.61 Å². The van der Waals surface area contributed by atoms with Gasteiger partial charge in [-0.2, -0.15) is 0 Å². The maximum absolute atomic E-state index is 13.1. The Bertz CT molecular complexity index is 562. The fourth-order valence-corrected chi connectivity index (χ4v) is 2.86. The molecule has 0 aliphatic carbocycles. The number of nitrogens with one attached hydrogen (secondary N) is 1. The van der Waals surface area contributed by atoms with E-state index < -0.39 is 23.7 Å². The van der Waals surface area contributed by atoms with E-state index in [2.05, 4.69) is 12.2 Å². The minimum atomic E-state index is -0.760. The number of carbonyl (C=O) groups is 2. The van der Waals surface area contributed by atoms with E-state index in [1.54, 1.807) is 6.92 Å². The van der Waals surface area contributed by atoms with Crippen LogP contribution in [0.2, 0.25) is 0 Å². The second-order valence-electron chi connectivity index (χ2n) is 7.05. The van der Waals surface area contributed by atoms with Gasteiger partial charge in [0.2, 0.25) is 0 Å². The van der Waals surface area contributed by atoms with Crippen molar-refractivity contribution in [3.05, 3.63) is 35.6 Å². The Morgan fingerprint density at radius 2 is 1.59 bits per heavy atom. The molecule has 0 radical (unpaired) electrons. The van der Waals surface area contributed by atoms with E-state index in [1.807, 2.05) is 0 Å². The molecule has 4 nitrogen and oxygen atoms in total. The first-order chi connectivity index (χ1) is 13.0. The molecule has 5 heteroatoms. The molecule has 0 spiro atoms. The Balaban J connectivity index is 2.06. The Hall–Kier alpha value is -1.91. The SMILES string of the molecule is CCCCCCCCCCCCOC(=O)C(C)NC(=O)c1cccc(F)c1. The Morgan fingerprint density at radius 3 is 2.19 bits per heavy atom. The minimum absolute atomic E-state index is 0.185. The van der Waals surface area contributed by atoms with Crippen LogP contribution in [-0.2, 0) is 9.53 Å². The van der Waals surface area contributed by atoms with E-state index in [4.69, 9.17) is 4.74 Å². The number of hydrogen-bond acceptors (Lipinski definition) is 3. The number of benzene rings is 1. The zero-order valence-corrected chi connectivity index (χ0v) is 16.8. The molecule has 1 aromatic rings. The van der Waals surface area contributed by atoms with E-state index in [9.17, 15) is 14.0 Å². The molecule has 0 fully saturated rings. The largest absolute Gasteiger partial charge is 0.464 e. The van der Waals surface area contributed by atoms with E-state index in [-0.39, 0.29) is 5.56 Å². The highest BCUT2D eigenvalue weighted by molar-refractivity contribution is 5.96. The summed E-state index contributed by atoms with van der Waals surface area (Å²) in [7, 11) is 0. The zero-order chi connectivity index (χ0) is 19.9. The van der Waals surface area contributed by atoms with E-state index >= 15 is 0 Å². The molecular weight excluding hydrogens is 345 g/mol. The molecule has 1 amide bonds. The summed E-state index contributed by atoms with van der Waals surface area (Å²) in [6.45, 7) is 4.17. The molecule has 0 aromatic heterocycles. The normalized spacial score (nSPS) is 11.8. The highest BCUT2D eigenvalue weighted by Crippen LogP contribution is 2.10. The number of carbonyl (C=O) groups excluding carboxylic acids is 2. The van der Waals surface area contributed by atoms with Crippen LogP contribution in [-0.4, -0.2) is 24.5 Å². The summed E-state index contributed by atoms with van der Waals surface area (Å²) in [6.07, 6.45) is 12.2. The van der Waals surface area contributed by atoms with Gasteiger partial charge < -0.3 is 10.1 Å². The van der Waals surface area contributed by atoms with Gasteiger partial charge in [0.1, 0.15) is 11.9 Å². The van der Waals surface area contributed by atoms with Gasteiger partial charge in [0.25, 0.3) is 5.91 Å². The molecule has 1 rings (SSSR count). The van der Waals surface area contributed by atoms with Crippen LogP contribution in [0.4, 0.5) is 4.39 Å². The van der Waals surface area contributed by atoms with Gasteiger partial charge in [-0.3, -0.25) is 4.79 Å². The van der Waals surface area contributed by atoms with Crippen molar-refractivity contribution in [3.63, 3.8) is 0 Å². The van der Waals surface area contributed by atoms with Gasteiger partial charge in [-0.05, 0) is 31.5 Å². The maximum atomic E-state index is 13.1. The van der Waals surface area contributed by atoms with Crippen LogP contribution < -0.4 is 5.32 Å². The predicted octanol–water partition coefficient (Wildman–Crippen LogP) is 5.41. The molecule has 0 heterocycles. The van der Waals surface area contributed by atoms with Gasteiger partial charge in [0.15, 0.2) is 0 Å². The molecule has 1 atom stereocenters. The number of ether oxygens (including phenoxy) is 1. The van der Waals surface area contributed by atoms with Crippen molar-refractivity contribution in [2.24, 2.45) is 0 Å². The summed E-state index contributed by atoms with van der Waals surface area (Å²) in [5.41, 5.74) is 0.185. The number of amides is 1. The van der Waals surface area contributed by atoms with Crippen molar-refractivity contribution in [1.29, 1.82) is 0 Å². The van der Waals surface area contributed by atoms with Crippen molar-refractivity contribution in [2.75, 3.05) is 6.61 Å². The Labute approximate surface area is 162 Å². The first-order valence-electron chi connectivity index (χ1n) is 10.3. The van der Waals surface area contributed by atoms with Crippen molar-refractivity contribution in [1.82, 2.24) is 5.32 Å². The second-order valence-corrected chi connectivity index (χ2v) is 7.05. The number of halogens is 1. The number of rotatable bonds is 14.